The first-order valence-corrected chi connectivity index (χ1v) is 7.89. The highest BCUT2D eigenvalue weighted by atomic mass is 16.5. The highest BCUT2D eigenvalue weighted by Crippen LogP contribution is 2.27. The van der Waals surface area contributed by atoms with E-state index in [9.17, 15) is 4.79 Å². The minimum absolute atomic E-state index is 0.0115. The van der Waals surface area contributed by atoms with E-state index in [4.69, 9.17) is 4.74 Å². The number of fused-ring (bicyclic) bond motifs is 2. The molecule has 0 radical (unpaired) electrons. The van der Waals surface area contributed by atoms with E-state index >= 15 is 0 Å². The molecule has 24 heavy (non-hydrogen) atoms. The van der Waals surface area contributed by atoms with E-state index in [1.54, 1.807) is 17.3 Å². The Morgan fingerprint density at radius 1 is 1.25 bits per heavy atom. The van der Waals surface area contributed by atoms with Gasteiger partial charge in [0.25, 0.3) is 5.91 Å². The first-order chi connectivity index (χ1) is 11.7. The number of aromatic nitrogens is 2. The zero-order chi connectivity index (χ0) is 16.5. The van der Waals surface area contributed by atoms with E-state index < -0.39 is 0 Å². The predicted octanol–water partition coefficient (Wildman–Crippen LogP) is 2.86. The molecule has 1 aliphatic rings. The lowest BCUT2D eigenvalue weighted by molar-refractivity contribution is -0.133. The fourth-order valence-corrected chi connectivity index (χ4v) is 2.91. The predicted molar refractivity (Wildman–Crippen MR) is 90.5 cm³/mol. The van der Waals surface area contributed by atoms with Crippen LogP contribution in [0.25, 0.3) is 10.9 Å². The number of pyridine rings is 2. The Morgan fingerprint density at radius 3 is 3.00 bits per heavy atom. The van der Waals surface area contributed by atoms with Crippen LogP contribution in [0.1, 0.15) is 16.7 Å². The maximum absolute atomic E-state index is 12.4. The summed E-state index contributed by atoms with van der Waals surface area (Å²) in [6.07, 6.45) is 3.51. The Kier molecular flexibility index (Phi) is 3.61. The summed E-state index contributed by atoms with van der Waals surface area (Å²) < 4.78 is 5.66. The van der Waals surface area contributed by atoms with Gasteiger partial charge in [-0.3, -0.25) is 9.78 Å². The van der Waals surface area contributed by atoms with Gasteiger partial charge in [0, 0.05) is 29.9 Å². The molecule has 0 saturated heterocycles. The van der Waals surface area contributed by atoms with Crippen molar-refractivity contribution in [3.8, 4) is 5.88 Å². The SMILES string of the molecule is Cc1ccc2cc3c(nc2c1)OCC(=O)N(Cc1cccnc1)C3. The average molecular weight is 319 g/mol. The monoisotopic (exact) mass is 319 g/mol. The lowest BCUT2D eigenvalue weighted by Gasteiger charge is -2.19. The number of hydrogen-bond acceptors (Lipinski definition) is 4. The van der Waals surface area contributed by atoms with Gasteiger partial charge in [-0.1, -0.05) is 18.2 Å². The van der Waals surface area contributed by atoms with Gasteiger partial charge in [0.2, 0.25) is 5.88 Å². The van der Waals surface area contributed by atoms with Crippen molar-refractivity contribution in [3.05, 3.63) is 65.5 Å². The molecule has 0 aliphatic carbocycles. The minimum Gasteiger partial charge on any atom is -0.467 e. The molecule has 1 amide bonds. The molecule has 1 aliphatic heterocycles. The Labute approximate surface area is 139 Å². The number of benzene rings is 1. The van der Waals surface area contributed by atoms with E-state index in [1.807, 2.05) is 25.1 Å². The number of rotatable bonds is 2. The highest BCUT2D eigenvalue weighted by Gasteiger charge is 2.23. The van der Waals surface area contributed by atoms with Gasteiger partial charge in [-0.05, 0) is 36.2 Å². The number of amides is 1. The van der Waals surface area contributed by atoms with Crippen molar-refractivity contribution in [2.45, 2.75) is 20.0 Å². The summed E-state index contributed by atoms with van der Waals surface area (Å²) in [5.41, 5.74) is 3.97. The Balaban J connectivity index is 1.69. The Bertz CT molecular complexity index is 909. The molecule has 2 aromatic heterocycles. The first-order valence-electron chi connectivity index (χ1n) is 7.89. The third kappa shape index (κ3) is 2.80. The van der Waals surface area contributed by atoms with E-state index in [1.165, 1.54) is 0 Å². The summed E-state index contributed by atoms with van der Waals surface area (Å²) in [7, 11) is 0. The second kappa shape index (κ2) is 5.92. The van der Waals surface area contributed by atoms with Crippen LogP contribution < -0.4 is 4.74 Å². The highest BCUT2D eigenvalue weighted by molar-refractivity contribution is 5.82. The van der Waals surface area contributed by atoms with Crippen LogP contribution >= 0.6 is 0 Å². The molecule has 120 valence electrons. The van der Waals surface area contributed by atoms with Crippen molar-refractivity contribution >= 4 is 16.8 Å². The maximum atomic E-state index is 12.4. The number of carbonyl (C=O) groups is 1. The van der Waals surface area contributed by atoms with Gasteiger partial charge in [0.15, 0.2) is 6.61 Å². The molecule has 0 N–H and O–H groups in total. The van der Waals surface area contributed by atoms with Gasteiger partial charge in [-0.2, -0.15) is 0 Å². The van der Waals surface area contributed by atoms with Crippen molar-refractivity contribution in [2.24, 2.45) is 0 Å². The summed E-state index contributed by atoms with van der Waals surface area (Å²) in [5, 5.41) is 1.05. The molecule has 5 heteroatoms. The van der Waals surface area contributed by atoms with Crippen molar-refractivity contribution in [1.82, 2.24) is 14.9 Å². The molecule has 0 spiro atoms. The lowest BCUT2D eigenvalue weighted by atomic mass is 10.1. The zero-order valence-electron chi connectivity index (χ0n) is 13.4. The van der Waals surface area contributed by atoms with Crippen molar-refractivity contribution in [2.75, 3.05) is 6.61 Å². The van der Waals surface area contributed by atoms with Crippen molar-refractivity contribution in [3.63, 3.8) is 0 Å². The average Bonchev–Trinajstić information content (AvgIpc) is 2.73. The fourth-order valence-electron chi connectivity index (χ4n) is 2.91. The normalized spacial score (nSPS) is 14.2. The van der Waals surface area contributed by atoms with Gasteiger partial charge in [-0.15, -0.1) is 0 Å². The second-order valence-corrected chi connectivity index (χ2v) is 6.05. The Hall–Kier alpha value is -2.95. The van der Waals surface area contributed by atoms with Gasteiger partial charge >= 0.3 is 0 Å². The van der Waals surface area contributed by atoms with E-state index in [0.717, 1.165) is 27.6 Å². The quantitative estimate of drug-likeness (QED) is 0.729. The summed E-state index contributed by atoms with van der Waals surface area (Å²) in [4.78, 5) is 22.9. The molecule has 3 aromatic rings. The van der Waals surface area contributed by atoms with Crippen LogP contribution in [0.4, 0.5) is 0 Å². The lowest BCUT2D eigenvalue weighted by Crippen LogP contribution is -2.31. The standard InChI is InChI=1S/C19H17N3O2/c1-13-4-5-15-8-16-11-22(10-14-3-2-6-20-9-14)18(23)12-24-19(16)21-17(15)7-13/h2-9H,10-12H2,1H3. The number of hydrogen-bond donors (Lipinski definition) is 0. The summed E-state index contributed by atoms with van der Waals surface area (Å²) >= 11 is 0. The summed E-state index contributed by atoms with van der Waals surface area (Å²) in [6.45, 7) is 3.05. The third-order valence-corrected chi connectivity index (χ3v) is 4.15. The molecular weight excluding hydrogens is 302 g/mol. The van der Waals surface area contributed by atoms with Gasteiger partial charge in [0.1, 0.15) is 0 Å². The second-order valence-electron chi connectivity index (χ2n) is 6.05. The van der Waals surface area contributed by atoms with E-state index in [2.05, 4.69) is 28.2 Å². The van der Waals surface area contributed by atoms with Crippen LogP contribution in [0.2, 0.25) is 0 Å². The molecule has 0 saturated carbocycles. The summed E-state index contributed by atoms with van der Waals surface area (Å²) in [5.74, 6) is 0.507. The molecular formula is C19H17N3O2. The van der Waals surface area contributed by atoms with Gasteiger partial charge in [0.05, 0.1) is 12.1 Å². The topological polar surface area (TPSA) is 55.3 Å². The number of nitrogens with zero attached hydrogens (tertiary/aromatic N) is 3. The van der Waals surface area contributed by atoms with Crippen LogP contribution in [0.15, 0.2) is 48.8 Å². The number of carbonyl (C=O) groups excluding carboxylic acids is 1. The first kappa shape index (κ1) is 14.6. The smallest absolute Gasteiger partial charge is 0.261 e. The molecule has 0 fully saturated rings. The van der Waals surface area contributed by atoms with Crippen molar-refractivity contribution in [1.29, 1.82) is 0 Å². The van der Waals surface area contributed by atoms with Gasteiger partial charge < -0.3 is 9.64 Å². The zero-order valence-corrected chi connectivity index (χ0v) is 13.4. The van der Waals surface area contributed by atoms with Crippen LogP contribution in [0, 0.1) is 6.92 Å². The molecule has 0 unspecified atom stereocenters. The van der Waals surface area contributed by atoms with Crippen molar-refractivity contribution < 1.29 is 9.53 Å². The molecule has 4 rings (SSSR count). The molecule has 0 bridgehead atoms. The van der Waals surface area contributed by atoms with E-state index in [0.29, 0.717) is 19.0 Å². The molecule has 5 nitrogen and oxygen atoms in total. The molecule has 0 atom stereocenters. The molecule has 1 aromatic carbocycles. The van der Waals surface area contributed by atoms with Crippen LogP contribution in [0.5, 0.6) is 5.88 Å². The Morgan fingerprint density at radius 2 is 2.17 bits per heavy atom. The van der Waals surface area contributed by atoms with Crippen LogP contribution in [-0.4, -0.2) is 27.4 Å². The minimum atomic E-state index is -0.0444. The van der Waals surface area contributed by atoms with Crippen LogP contribution in [0.3, 0.4) is 0 Å². The van der Waals surface area contributed by atoms with Gasteiger partial charge in [-0.25, -0.2) is 4.98 Å². The fraction of sp³-hybridized carbons (Fsp3) is 0.211. The molecule has 3 heterocycles. The maximum Gasteiger partial charge on any atom is 0.261 e. The third-order valence-electron chi connectivity index (χ3n) is 4.15. The number of ether oxygens (including phenoxy) is 1. The largest absolute Gasteiger partial charge is 0.467 e. The van der Waals surface area contributed by atoms with E-state index in [-0.39, 0.29) is 12.5 Å². The van der Waals surface area contributed by atoms with Crippen LogP contribution in [-0.2, 0) is 17.9 Å². The number of aryl methyl sites for hydroxylation is 1. The summed E-state index contributed by atoms with van der Waals surface area (Å²) in [6, 6.07) is 12.0.